The molecule has 6 heteroatoms. The highest BCUT2D eigenvalue weighted by atomic mass is 127. The van der Waals surface area contributed by atoms with E-state index in [1.807, 2.05) is 37.4 Å². The second-order valence-electron chi connectivity index (χ2n) is 5.00. The normalized spacial score (nSPS) is 10.7. The maximum Gasteiger partial charge on any atom is 0.191 e. The molecule has 0 saturated carbocycles. The topological polar surface area (TPSA) is 58.5 Å². The molecule has 130 valence electrons. The first kappa shape index (κ1) is 20.2. The van der Waals surface area contributed by atoms with Crippen molar-refractivity contribution >= 4 is 29.9 Å². The van der Waals surface area contributed by atoms with Gasteiger partial charge in [-0.15, -0.1) is 24.0 Å². The largest absolute Gasteiger partial charge is 0.494 e. The number of benzene rings is 1. The number of aliphatic imine (C=N–C) groups is 1. The summed E-state index contributed by atoms with van der Waals surface area (Å²) in [5.41, 5.74) is 2.32. The van der Waals surface area contributed by atoms with E-state index >= 15 is 0 Å². The molecule has 24 heavy (non-hydrogen) atoms. The van der Waals surface area contributed by atoms with Crippen LogP contribution in [0.3, 0.4) is 0 Å². The number of nitrogens with zero attached hydrogens (tertiary/aromatic N) is 2. The van der Waals surface area contributed by atoms with Crippen molar-refractivity contribution in [2.45, 2.75) is 19.9 Å². The van der Waals surface area contributed by atoms with Crippen molar-refractivity contribution in [2.24, 2.45) is 4.99 Å². The molecule has 5 nitrogen and oxygen atoms in total. The van der Waals surface area contributed by atoms with Gasteiger partial charge in [-0.25, -0.2) is 0 Å². The van der Waals surface area contributed by atoms with Crippen LogP contribution in [0, 0.1) is 0 Å². The van der Waals surface area contributed by atoms with Crippen molar-refractivity contribution in [3.05, 3.63) is 59.9 Å². The summed E-state index contributed by atoms with van der Waals surface area (Å²) in [4.78, 5) is 8.37. The number of guanidine groups is 1. The van der Waals surface area contributed by atoms with Gasteiger partial charge >= 0.3 is 0 Å². The van der Waals surface area contributed by atoms with Gasteiger partial charge in [-0.1, -0.05) is 24.3 Å². The molecule has 0 aliphatic carbocycles. The minimum atomic E-state index is 0. The fourth-order valence-electron chi connectivity index (χ4n) is 2.22. The van der Waals surface area contributed by atoms with Gasteiger partial charge in [0.2, 0.25) is 0 Å². The summed E-state index contributed by atoms with van der Waals surface area (Å²) in [6.45, 7) is 4.12. The second-order valence-corrected chi connectivity index (χ2v) is 5.00. The molecule has 0 saturated heterocycles. The molecule has 1 aromatic carbocycles. The Balaban J connectivity index is 0.00000288. The Kier molecular flexibility index (Phi) is 9.83. The van der Waals surface area contributed by atoms with Crippen LogP contribution in [0.25, 0.3) is 0 Å². The molecule has 0 fully saturated rings. The van der Waals surface area contributed by atoms with Crippen LogP contribution in [0.15, 0.2) is 53.8 Å². The lowest BCUT2D eigenvalue weighted by molar-refractivity contribution is 0.336. The summed E-state index contributed by atoms with van der Waals surface area (Å²) in [6.07, 6.45) is 4.58. The zero-order valence-electron chi connectivity index (χ0n) is 14.2. The lowest BCUT2D eigenvalue weighted by atomic mass is 10.2. The predicted molar refractivity (Wildman–Crippen MR) is 109 cm³/mol. The Morgan fingerprint density at radius 3 is 2.71 bits per heavy atom. The Hall–Kier alpha value is -1.83. The van der Waals surface area contributed by atoms with Crippen molar-refractivity contribution < 1.29 is 4.74 Å². The van der Waals surface area contributed by atoms with Crippen molar-refractivity contribution in [1.29, 1.82) is 0 Å². The first-order chi connectivity index (χ1) is 11.3. The average Bonchev–Trinajstić information content (AvgIpc) is 2.60. The molecule has 0 aliphatic heterocycles. The summed E-state index contributed by atoms with van der Waals surface area (Å²) in [7, 11) is 1.77. The number of rotatable bonds is 7. The van der Waals surface area contributed by atoms with Crippen LogP contribution < -0.4 is 15.4 Å². The molecule has 2 aromatic rings. The number of halogens is 1. The van der Waals surface area contributed by atoms with E-state index in [9.17, 15) is 0 Å². The molecule has 0 radical (unpaired) electrons. The quantitative estimate of drug-likeness (QED) is 0.395. The van der Waals surface area contributed by atoms with Gasteiger partial charge in [-0.2, -0.15) is 0 Å². The maximum atomic E-state index is 5.63. The van der Waals surface area contributed by atoms with Crippen LogP contribution in [0.2, 0.25) is 0 Å². The van der Waals surface area contributed by atoms with E-state index in [0.29, 0.717) is 13.2 Å². The van der Waals surface area contributed by atoms with Crippen LogP contribution in [-0.4, -0.2) is 31.1 Å². The Morgan fingerprint density at radius 2 is 2.00 bits per heavy atom. The van der Waals surface area contributed by atoms with Crippen LogP contribution in [0.1, 0.15) is 18.1 Å². The fraction of sp³-hybridized carbons (Fsp3) is 0.333. The molecular formula is C18H25IN4O. The Morgan fingerprint density at radius 1 is 1.17 bits per heavy atom. The molecule has 0 unspecified atom stereocenters. The van der Waals surface area contributed by atoms with Crippen LogP contribution in [0.5, 0.6) is 5.75 Å². The lowest BCUT2D eigenvalue weighted by Gasteiger charge is -2.14. The molecule has 2 N–H and O–H groups in total. The summed E-state index contributed by atoms with van der Waals surface area (Å²) in [5, 5.41) is 6.62. The molecular weight excluding hydrogens is 415 g/mol. The number of aromatic nitrogens is 1. The molecule has 1 heterocycles. The van der Waals surface area contributed by atoms with Crippen LogP contribution >= 0.6 is 24.0 Å². The zero-order valence-corrected chi connectivity index (χ0v) is 16.5. The molecule has 1 aromatic heterocycles. The molecule has 0 atom stereocenters. The molecule has 2 rings (SSSR count). The van der Waals surface area contributed by atoms with E-state index < -0.39 is 0 Å². The van der Waals surface area contributed by atoms with Crippen molar-refractivity contribution in [2.75, 3.05) is 20.2 Å². The fourth-order valence-corrected chi connectivity index (χ4v) is 2.22. The van der Waals surface area contributed by atoms with Gasteiger partial charge in [0.1, 0.15) is 5.75 Å². The molecule has 0 amide bonds. The van der Waals surface area contributed by atoms with Gasteiger partial charge in [-0.05, 0) is 31.0 Å². The number of hydrogen-bond donors (Lipinski definition) is 2. The van der Waals surface area contributed by atoms with Gasteiger partial charge in [0.05, 0.1) is 6.61 Å². The number of ether oxygens (including phenoxy) is 1. The first-order valence-electron chi connectivity index (χ1n) is 7.87. The third-order valence-electron chi connectivity index (χ3n) is 3.37. The number of nitrogens with one attached hydrogen (secondary N) is 2. The van der Waals surface area contributed by atoms with Crippen molar-refractivity contribution in [1.82, 2.24) is 15.6 Å². The summed E-state index contributed by atoms with van der Waals surface area (Å²) >= 11 is 0. The molecule has 0 bridgehead atoms. The highest BCUT2D eigenvalue weighted by Crippen LogP contribution is 2.17. The van der Waals surface area contributed by atoms with E-state index in [0.717, 1.165) is 30.2 Å². The van der Waals surface area contributed by atoms with Gasteiger partial charge in [-0.3, -0.25) is 9.98 Å². The van der Waals surface area contributed by atoms with Crippen LogP contribution in [0.4, 0.5) is 0 Å². The second kappa shape index (κ2) is 11.7. The standard InChI is InChI=1S/C18H24N4O.HI/c1-3-23-17-9-5-4-8-16(17)14-22-18(19-2)21-12-10-15-7-6-11-20-13-15;/h4-9,11,13H,3,10,12,14H2,1-2H3,(H2,19,21,22);1H. The highest BCUT2D eigenvalue weighted by molar-refractivity contribution is 14.0. The van der Waals surface area contributed by atoms with E-state index in [1.54, 1.807) is 13.2 Å². The van der Waals surface area contributed by atoms with Gasteiger partial charge in [0.15, 0.2) is 5.96 Å². The summed E-state index contributed by atoms with van der Waals surface area (Å²) in [6, 6.07) is 12.1. The first-order valence-corrected chi connectivity index (χ1v) is 7.87. The smallest absolute Gasteiger partial charge is 0.191 e. The zero-order chi connectivity index (χ0) is 16.3. The Bertz CT molecular complexity index is 619. The number of para-hydroxylation sites is 1. The molecule has 0 spiro atoms. The van der Waals surface area contributed by atoms with Crippen molar-refractivity contribution in [3.63, 3.8) is 0 Å². The van der Waals surface area contributed by atoms with Crippen LogP contribution in [-0.2, 0) is 13.0 Å². The van der Waals surface area contributed by atoms with E-state index in [1.165, 1.54) is 5.56 Å². The van der Waals surface area contributed by atoms with E-state index in [-0.39, 0.29) is 24.0 Å². The third-order valence-corrected chi connectivity index (χ3v) is 3.37. The van der Waals surface area contributed by atoms with Gasteiger partial charge in [0, 0.05) is 38.1 Å². The summed E-state index contributed by atoms with van der Waals surface area (Å²) < 4.78 is 5.63. The van der Waals surface area contributed by atoms with Gasteiger partial charge < -0.3 is 15.4 Å². The number of hydrogen-bond acceptors (Lipinski definition) is 3. The SMILES string of the molecule is CCOc1ccccc1CNC(=NC)NCCc1cccnc1.I. The van der Waals surface area contributed by atoms with E-state index in [2.05, 4.69) is 32.7 Å². The predicted octanol–water partition coefficient (Wildman–Crippen LogP) is 3.01. The van der Waals surface area contributed by atoms with Crippen molar-refractivity contribution in [3.8, 4) is 5.75 Å². The highest BCUT2D eigenvalue weighted by Gasteiger charge is 2.04. The van der Waals surface area contributed by atoms with Gasteiger partial charge in [0.25, 0.3) is 0 Å². The maximum absolute atomic E-state index is 5.63. The summed E-state index contributed by atoms with van der Waals surface area (Å²) in [5.74, 6) is 1.69. The number of pyridine rings is 1. The monoisotopic (exact) mass is 440 g/mol. The molecule has 0 aliphatic rings. The minimum Gasteiger partial charge on any atom is -0.494 e. The third kappa shape index (κ3) is 6.74. The Labute approximate surface area is 161 Å². The lowest BCUT2D eigenvalue weighted by Crippen LogP contribution is -2.37. The minimum absolute atomic E-state index is 0. The average molecular weight is 440 g/mol. The van der Waals surface area contributed by atoms with E-state index in [4.69, 9.17) is 4.74 Å².